The van der Waals surface area contributed by atoms with Gasteiger partial charge in [-0.1, -0.05) is 11.3 Å². The number of rotatable bonds is 7. The van der Waals surface area contributed by atoms with Crippen molar-refractivity contribution in [1.82, 2.24) is 10.2 Å². The number of nitrogens with zero attached hydrogens (tertiary/aromatic N) is 2. The van der Waals surface area contributed by atoms with Crippen molar-refractivity contribution < 1.29 is 23.8 Å². The first-order valence-corrected chi connectivity index (χ1v) is 7.90. The second-order valence-electron chi connectivity index (χ2n) is 4.51. The summed E-state index contributed by atoms with van der Waals surface area (Å²) in [5.74, 6) is 0.230. The first kappa shape index (κ1) is 17.7. The molecule has 0 unspecified atom stereocenters. The van der Waals surface area contributed by atoms with Crippen molar-refractivity contribution in [2.24, 2.45) is 0 Å². The van der Waals surface area contributed by atoms with Gasteiger partial charge in [0.1, 0.15) is 5.01 Å². The average Bonchev–Trinajstić information content (AvgIpc) is 3.01. The van der Waals surface area contributed by atoms with Gasteiger partial charge >= 0.3 is 5.97 Å². The lowest BCUT2D eigenvalue weighted by atomic mass is 10.2. The van der Waals surface area contributed by atoms with E-state index < -0.39 is 0 Å². The Kier molecular flexibility index (Phi) is 6.07. The summed E-state index contributed by atoms with van der Waals surface area (Å²) in [5.41, 5.74) is 0.384. The average molecular weight is 351 g/mol. The molecule has 8 nitrogen and oxygen atoms in total. The Balaban J connectivity index is 2.05. The third-order valence-electron chi connectivity index (χ3n) is 2.93. The molecule has 1 heterocycles. The Morgan fingerprint density at radius 1 is 1.17 bits per heavy atom. The van der Waals surface area contributed by atoms with Crippen LogP contribution in [0.3, 0.4) is 0 Å². The van der Waals surface area contributed by atoms with Crippen molar-refractivity contribution in [2.45, 2.75) is 13.3 Å². The second kappa shape index (κ2) is 8.25. The molecule has 1 aromatic heterocycles. The van der Waals surface area contributed by atoms with Gasteiger partial charge in [0.05, 0.1) is 27.2 Å². The predicted molar refractivity (Wildman–Crippen MR) is 87.7 cm³/mol. The molecule has 2 aromatic rings. The molecule has 0 aliphatic rings. The minimum atomic E-state index is -0.383. The van der Waals surface area contributed by atoms with Crippen molar-refractivity contribution in [3.63, 3.8) is 0 Å². The number of anilines is 1. The predicted octanol–water partition coefficient (Wildman–Crippen LogP) is 1.91. The molecule has 0 spiro atoms. The summed E-state index contributed by atoms with van der Waals surface area (Å²) in [7, 11) is 3.01. The highest BCUT2D eigenvalue weighted by atomic mass is 32.1. The number of carbonyl (C=O) groups excluding carboxylic acids is 2. The van der Waals surface area contributed by atoms with E-state index in [1.165, 1.54) is 14.2 Å². The van der Waals surface area contributed by atoms with E-state index in [0.29, 0.717) is 33.8 Å². The van der Waals surface area contributed by atoms with Crippen molar-refractivity contribution in [3.8, 4) is 11.5 Å². The molecule has 0 bridgehead atoms. The fourth-order valence-corrected chi connectivity index (χ4v) is 2.58. The summed E-state index contributed by atoms with van der Waals surface area (Å²) in [5, 5.41) is 11.1. The molecule has 1 N–H and O–H groups in total. The maximum Gasteiger partial charge on any atom is 0.312 e. The van der Waals surface area contributed by atoms with Crippen LogP contribution in [0.15, 0.2) is 18.2 Å². The van der Waals surface area contributed by atoms with Crippen LogP contribution in [0.4, 0.5) is 5.13 Å². The van der Waals surface area contributed by atoms with Crippen LogP contribution in [0.25, 0.3) is 0 Å². The quantitative estimate of drug-likeness (QED) is 0.761. The Bertz CT molecular complexity index is 732. The second-order valence-corrected chi connectivity index (χ2v) is 5.57. The Labute approximate surface area is 142 Å². The summed E-state index contributed by atoms with van der Waals surface area (Å²) in [6.45, 7) is 2.04. The van der Waals surface area contributed by atoms with E-state index in [2.05, 4.69) is 15.5 Å². The van der Waals surface area contributed by atoms with Gasteiger partial charge in [0.25, 0.3) is 5.91 Å². The number of methoxy groups -OCH3 is 2. The highest BCUT2D eigenvalue weighted by Gasteiger charge is 2.14. The fraction of sp³-hybridized carbons (Fsp3) is 0.333. The highest BCUT2D eigenvalue weighted by molar-refractivity contribution is 7.15. The zero-order chi connectivity index (χ0) is 17.5. The molecule has 0 fully saturated rings. The van der Waals surface area contributed by atoms with Crippen LogP contribution in [-0.4, -0.2) is 42.9 Å². The number of ether oxygens (including phenoxy) is 3. The van der Waals surface area contributed by atoms with Crippen molar-refractivity contribution in [2.75, 3.05) is 26.1 Å². The van der Waals surface area contributed by atoms with Gasteiger partial charge in [-0.3, -0.25) is 14.9 Å². The molecule has 1 amide bonds. The smallest absolute Gasteiger partial charge is 0.312 e. The number of hydrogen-bond donors (Lipinski definition) is 1. The van der Waals surface area contributed by atoms with Gasteiger partial charge in [-0.05, 0) is 25.1 Å². The summed E-state index contributed by atoms with van der Waals surface area (Å²) in [6, 6.07) is 4.81. The lowest BCUT2D eigenvalue weighted by molar-refractivity contribution is -0.142. The molecule has 0 saturated heterocycles. The number of benzene rings is 1. The topological polar surface area (TPSA) is 99.6 Å². The van der Waals surface area contributed by atoms with Crippen LogP contribution in [0.1, 0.15) is 22.3 Å². The zero-order valence-corrected chi connectivity index (χ0v) is 14.3. The standard InChI is InChI=1S/C15H17N3O5S/c1-4-23-13(19)8-12-17-18-15(24-12)16-14(20)9-5-6-10(21-2)11(7-9)22-3/h5-7H,4,8H2,1-3H3,(H,16,18,20). The van der Waals surface area contributed by atoms with Gasteiger partial charge in [0, 0.05) is 5.56 Å². The number of amides is 1. The maximum atomic E-state index is 12.3. The molecule has 24 heavy (non-hydrogen) atoms. The van der Waals surface area contributed by atoms with Crippen LogP contribution in [0, 0.1) is 0 Å². The zero-order valence-electron chi connectivity index (χ0n) is 13.5. The van der Waals surface area contributed by atoms with Crippen LogP contribution in [0.5, 0.6) is 11.5 Å². The summed E-state index contributed by atoms with van der Waals surface area (Å²) >= 11 is 1.12. The van der Waals surface area contributed by atoms with E-state index in [1.807, 2.05) is 0 Å². The lowest BCUT2D eigenvalue weighted by Gasteiger charge is -2.08. The number of aromatic nitrogens is 2. The summed E-state index contributed by atoms with van der Waals surface area (Å²) < 4.78 is 15.1. The third-order valence-corrected chi connectivity index (χ3v) is 3.77. The first-order valence-electron chi connectivity index (χ1n) is 7.08. The number of hydrogen-bond acceptors (Lipinski definition) is 8. The van der Waals surface area contributed by atoms with Gasteiger partial charge in [-0.15, -0.1) is 10.2 Å². The van der Waals surface area contributed by atoms with Crippen LogP contribution in [-0.2, 0) is 16.0 Å². The van der Waals surface area contributed by atoms with Crippen molar-refractivity contribution in [1.29, 1.82) is 0 Å². The van der Waals surface area contributed by atoms with Gasteiger partial charge < -0.3 is 14.2 Å². The van der Waals surface area contributed by atoms with Crippen LogP contribution < -0.4 is 14.8 Å². The Morgan fingerprint density at radius 2 is 1.92 bits per heavy atom. The van der Waals surface area contributed by atoms with E-state index in [9.17, 15) is 9.59 Å². The van der Waals surface area contributed by atoms with E-state index in [1.54, 1.807) is 25.1 Å². The maximum absolute atomic E-state index is 12.3. The molecule has 128 valence electrons. The van der Waals surface area contributed by atoms with Crippen molar-refractivity contribution >= 4 is 28.3 Å². The highest BCUT2D eigenvalue weighted by Crippen LogP contribution is 2.28. The monoisotopic (exact) mass is 351 g/mol. The Hall–Kier alpha value is -2.68. The first-order chi connectivity index (χ1) is 11.6. The number of nitrogens with one attached hydrogen (secondary N) is 1. The van der Waals surface area contributed by atoms with E-state index in [0.717, 1.165) is 11.3 Å². The summed E-state index contributed by atoms with van der Waals surface area (Å²) in [6.07, 6.45) is 0.0255. The van der Waals surface area contributed by atoms with Crippen LogP contribution >= 0.6 is 11.3 Å². The third kappa shape index (κ3) is 4.42. The number of esters is 1. The molecule has 1 aromatic carbocycles. The molecular formula is C15H17N3O5S. The SMILES string of the molecule is CCOC(=O)Cc1nnc(NC(=O)c2ccc(OC)c(OC)c2)s1. The normalized spacial score (nSPS) is 10.1. The van der Waals surface area contributed by atoms with Gasteiger partial charge in [0.15, 0.2) is 11.5 Å². The van der Waals surface area contributed by atoms with E-state index in [-0.39, 0.29) is 18.3 Å². The molecule has 0 saturated carbocycles. The van der Waals surface area contributed by atoms with Crippen molar-refractivity contribution in [3.05, 3.63) is 28.8 Å². The van der Waals surface area contributed by atoms with Gasteiger partial charge in [-0.25, -0.2) is 0 Å². The minimum absolute atomic E-state index is 0.0255. The largest absolute Gasteiger partial charge is 0.493 e. The summed E-state index contributed by atoms with van der Waals surface area (Å²) in [4.78, 5) is 23.7. The molecule has 0 atom stereocenters. The van der Waals surface area contributed by atoms with Gasteiger partial charge in [0.2, 0.25) is 5.13 Å². The minimum Gasteiger partial charge on any atom is -0.493 e. The molecule has 0 aliphatic carbocycles. The number of carbonyl (C=O) groups is 2. The molecule has 0 aliphatic heterocycles. The molecule has 9 heteroatoms. The van der Waals surface area contributed by atoms with Crippen LogP contribution in [0.2, 0.25) is 0 Å². The molecule has 2 rings (SSSR count). The van der Waals surface area contributed by atoms with E-state index >= 15 is 0 Å². The Morgan fingerprint density at radius 3 is 2.58 bits per heavy atom. The molecular weight excluding hydrogens is 334 g/mol. The fourth-order valence-electron chi connectivity index (χ4n) is 1.86. The van der Waals surface area contributed by atoms with E-state index in [4.69, 9.17) is 14.2 Å². The van der Waals surface area contributed by atoms with Gasteiger partial charge in [-0.2, -0.15) is 0 Å². The lowest BCUT2D eigenvalue weighted by Crippen LogP contribution is -2.12. The molecule has 0 radical (unpaired) electrons.